The summed E-state index contributed by atoms with van der Waals surface area (Å²) in [6.07, 6.45) is 64.1. The Morgan fingerprint density at radius 3 is 0.955 bits per heavy atom. The van der Waals surface area contributed by atoms with Crippen molar-refractivity contribution in [3.05, 3.63) is 102 Å². The maximum absolute atomic E-state index is 11.8. The molecule has 7 rings (SSSR count). The molecular weight excluding hydrogens is 1640 g/mol. The van der Waals surface area contributed by atoms with Gasteiger partial charge in [-0.15, -0.1) is 6.42 Å². The number of terminal acetylenes is 1. The van der Waals surface area contributed by atoms with Gasteiger partial charge in [0.2, 0.25) is 0 Å². The third-order valence-corrected chi connectivity index (χ3v) is 24.6. The van der Waals surface area contributed by atoms with Crippen molar-refractivity contribution < 1.29 is 21.9 Å². The summed E-state index contributed by atoms with van der Waals surface area (Å²) in [5, 5.41) is 8.27. The van der Waals surface area contributed by atoms with E-state index in [0.29, 0.717) is 17.5 Å². The molecule has 2 aromatic carbocycles. The van der Waals surface area contributed by atoms with Gasteiger partial charge in [0.1, 0.15) is 0 Å². The van der Waals surface area contributed by atoms with Gasteiger partial charge in [-0.1, -0.05) is 318 Å². The topological polar surface area (TPSA) is 92.6 Å². The second-order valence-electron chi connectivity index (χ2n) is 37.4. The van der Waals surface area contributed by atoms with Gasteiger partial charge in [0.25, 0.3) is 0 Å². The summed E-state index contributed by atoms with van der Waals surface area (Å²) < 4.78 is 0. The van der Waals surface area contributed by atoms with Crippen molar-refractivity contribution in [1.82, 2.24) is 63.8 Å². The molecule has 4 fully saturated rings. The number of benzene rings is 2. The molecule has 0 N–H and O–H groups in total. The Morgan fingerprint density at radius 1 is 0.336 bits per heavy atom. The van der Waals surface area contributed by atoms with Crippen LogP contribution in [0.15, 0.2) is 85.2 Å². The molecule has 134 heavy (non-hydrogen) atoms. The number of nitriles is 1. The lowest BCUT2D eigenvalue weighted by Gasteiger charge is -2.39. The average molecular weight is 1880 g/mol. The maximum atomic E-state index is 11.8. The van der Waals surface area contributed by atoms with Crippen LogP contribution >= 0.6 is 0 Å². The fraction of sp³-hybridized carbons (Fsp3) is 0.739. The van der Waals surface area contributed by atoms with Crippen LogP contribution in [0.2, 0.25) is 0 Å². The Labute approximate surface area is 853 Å². The highest BCUT2D eigenvalue weighted by molar-refractivity contribution is 6.08. The van der Waals surface area contributed by atoms with Crippen LogP contribution in [-0.2, 0) is 6.42 Å². The Balaban J connectivity index is -0.0000000832. The van der Waals surface area contributed by atoms with Gasteiger partial charge < -0.3 is 49.0 Å². The van der Waals surface area contributed by atoms with Gasteiger partial charge in [-0.25, -0.2) is 0 Å². The zero-order chi connectivity index (χ0) is 101. The highest BCUT2D eigenvalue weighted by atomic mass is 16.1. The van der Waals surface area contributed by atoms with Crippen LogP contribution < -0.4 is 0 Å². The van der Waals surface area contributed by atoms with Crippen molar-refractivity contribution in [2.75, 3.05) is 203 Å². The molecule has 0 atom stereocenters. The summed E-state index contributed by atoms with van der Waals surface area (Å²) in [5.74, 6) is 24.6. The standard InChI is InChI=1S/C18H39N.C14H7N.C13H25N.C12H9NO.C11H26N2.C10H21N.C8H17N.C8H7N.2C8H19N.C5H14N2.C4H11N.12H2/c1-4-7-10-13-16-19(17-14-11-8-5-2)18-15-12-9-6-3;1-4-5-6-7-8-9-10-11-12-13-14-15(2)3;1-14(12-8-4-2-5-9-12)13-10-6-3-7-11-13;14-12(10-4-2-1-3-5-10)11-6-8-13-9-7-11;1-5-12(6-2)10-9-11-13(7-3)8-4;1-3-11(4-2)10-8-6-5-7-9-10;1-9(2)8-6-4-3-5-7-8;9-7-6-8-4-2-1-3-5-8;1-4-5-6-7-8-9(2)3;1-4-7-8-9(5-2)6-3;1-6(2)5-7(3)4;1-4-5(2)3;;;;;;;;;;;;/h4-18H2,1-3H3;1H,2-3H3;12-13H,2-11H2,1H3;1-9H;5-11H2,1-4H3;10H,3-9H2,1-2H3;8H,3-7H2,1-2H3;1-5H,6H2;2*4-8H2,1-3H3;5H2,1-4H3;4H2,1-3H3;12*1H. The molecule has 0 unspecified atom stereocenters. The van der Waals surface area contributed by atoms with Crippen LogP contribution in [0.1, 0.15) is 386 Å². The lowest BCUT2D eigenvalue weighted by molar-refractivity contribution is 0.103. The molecule has 4 saturated carbocycles. The second kappa shape index (κ2) is 105. The number of hydrogen-bond acceptors (Lipinski definition) is 15. The SMILES string of the molecule is C#CC#CC#CC#CC#CC#CN(C)C.CCCCCCN(C)C.CCCCCCN(CCCCCC)CCCCCC.CCCCN(CC)CC.CCN(C)C.CCN(CC)C1CCCCC1.CCN(CC)CCCN(CC)CC.CN(C)C1CCCCC1.CN(C)CN(C)C.CN(C1CCCCC1)C1CCCCC1.N#CCc1ccccc1.O=C(c1ccccc1)c1ccncc1.[HH].[HH].[HH].[HH].[HH].[HH].[HH].[HH].[HH].[HH].[HH].[HH]. The minimum Gasteiger partial charge on any atom is -0.338 e. The van der Waals surface area contributed by atoms with E-state index in [4.69, 9.17) is 11.7 Å². The molecule has 1 aromatic heterocycles. The molecule has 4 aliphatic rings. The fourth-order valence-electron chi connectivity index (χ4n) is 16.0. The Morgan fingerprint density at radius 2 is 0.657 bits per heavy atom. The maximum Gasteiger partial charge on any atom is 0.193 e. The minimum atomic E-state index is 0. The van der Waals surface area contributed by atoms with Gasteiger partial charge in [0.05, 0.1) is 12.5 Å². The van der Waals surface area contributed by atoms with E-state index in [-0.39, 0.29) is 22.9 Å². The third-order valence-electron chi connectivity index (χ3n) is 24.6. The van der Waals surface area contributed by atoms with E-state index in [1.54, 1.807) is 29.4 Å². The van der Waals surface area contributed by atoms with Crippen molar-refractivity contribution in [3.8, 4) is 77.7 Å². The molecule has 15 heteroatoms. The second-order valence-corrected chi connectivity index (χ2v) is 37.4. The predicted octanol–water partition coefficient (Wildman–Crippen LogP) is 28.3. The van der Waals surface area contributed by atoms with Crippen molar-refractivity contribution in [3.63, 3.8) is 0 Å². The quantitative estimate of drug-likeness (QED) is 0.0177. The normalized spacial score (nSPS) is 13.3. The number of ketones is 1. The zero-order valence-corrected chi connectivity index (χ0v) is 92.9. The number of hydrogen-bond donors (Lipinski definition) is 0. The molecule has 0 amide bonds. The molecule has 790 valence electrons. The number of rotatable bonds is 45. The number of aromatic nitrogens is 1. The summed E-state index contributed by atoms with van der Waals surface area (Å²) in [6, 6.07) is 30.8. The largest absolute Gasteiger partial charge is 0.338 e. The van der Waals surface area contributed by atoms with E-state index in [9.17, 15) is 4.79 Å². The summed E-state index contributed by atoms with van der Waals surface area (Å²) in [6.45, 7) is 52.3. The van der Waals surface area contributed by atoms with E-state index in [1.165, 1.54) is 349 Å². The minimum absolute atomic E-state index is 0. The highest BCUT2D eigenvalue weighted by Gasteiger charge is 2.26. The summed E-state index contributed by atoms with van der Waals surface area (Å²) >= 11 is 0. The average Bonchev–Trinajstić information content (AvgIpc) is 0.870. The van der Waals surface area contributed by atoms with Crippen molar-refractivity contribution in [2.45, 2.75) is 378 Å². The third kappa shape index (κ3) is 93.1. The highest BCUT2D eigenvalue weighted by Crippen LogP contribution is 2.29. The van der Waals surface area contributed by atoms with E-state index < -0.39 is 0 Å². The molecule has 0 saturated heterocycles. The summed E-state index contributed by atoms with van der Waals surface area (Å²) in [7, 11) is 27.0. The molecule has 0 bridgehead atoms. The Hall–Kier alpha value is -6.53. The van der Waals surface area contributed by atoms with E-state index >= 15 is 0 Å². The van der Waals surface area contributed by atoms with Gasteiger partial charge in [0, 0.05) is 121 Å². The van der Waals surface area contributed by atoms with Gasteiger partial charge in [-0.2, -0.15) is 5.26 Å². The first kappa shape index (κ1) is 136. The van der Waals surface area contributed by atoms with E-state index in [0.717, 1.165) is 42.9 Å². The number of unbranched alkanes of at least 4 members (excludes halogenated alkanes) is 13. The van der Waals surface area contributed by atoms with Crippen LogP contribution in [0, 0.1) is 83.0 Å². The monoisotopic (exact) mass is 1880 g/mol. The number of carbonyl (C=O) groups is 1. The van der Waals surface area contributed by atoms with Crippen LogP contribution in [-0.4, -0.2) is 297 Å². The first-order chi connectivity index (χ1) is 64.8. The molecular formula is C119H238N14O. The van der Waals surface area contributed by atoms with Crippen LogP contribution in [0.3, 0.4) is 0 Å². The number of pyridine rings is 1. The molecule has 0 spiro atoms. The lowest BCUT2D eigenvalue weighted by atomic mass is 9.89. The van der Waals surface area contributed by atoms with Crippen molar-refractivity contribution in [1.29, 1.82) is 5.26 Å². The molecule has 4 aliphatic carbocycles. The van der Waals surface area contributed by atoms with Crippen LogP contribution in [0.4, 0.5) is 0 Å². The van der Waals surface area contributed by atoms with Crippen molar-refractivity contribution in [2.24, 2.45) is 0 Å². The van der Waals surface area contributed by atoms with Gasteiger partial charge >= 0.3 is 0 Å². The first-order valence-electron chi connectivity index (χ1n) is 53.9. The lowest BCUT2D eigenvalue weighted by Crippen LogP contribution is -2.42. The number of carbonyl (C=O) groups excluding carboxylic acids is 1. The molecule has 0 aliphatic heterocycles. The van der Waals surface area contributed by atoms with Gasteiger partial charge in [-0.05, 0) is 319 Å². The van der Waals surface area contributed by atoms with Crippen molar-refractivity contribution >= 4 is 5.78 Å². The van der Waals surface area contributed by atoms with Crippen LogP contribution in [0.25, 0.3) is 0 Å². The Bertz CT molecular complexity index is 3300. The van der Waals surface area contributed by atoms with E-state index in [2.05, 4.69) is 305 Å². The van der Waals surface area contributed by atoms with Crippen LogP contribution in [0.5, 0.6) is 0 Å². The van der Waals surface area contributed by atoms with E-state index in [1.807, 2.05) is 74.8 Å². The molecule has 15 nitrogen and oxygen atoms in total. The molecule has 1 heterocycles. The Kier molecular flexibility index (Phi) is 107. The number of nitrogens with zero attached hydrogens (tertiary/aromatic N) is 14. The smallest absolute Gasteiger partial charge is 0.193 e. The summed E-state index contributed by atoms with van der Waals surface area (Å²) in [4.78, 5) is 43.9. The zero-order valence-electron chi connectivity index (χ0n) is 92.9. The molecule has 0 radical (unpaired) electrons. The fourth-order valence-corrected chi connectivity index (χ4v) is 16.0. The molecule has 3 aromatic rings. The predicted molar refractivity (Wildman–Crippen MR) is 619 cm³/mol. The summed E-state index contributed by atoms with van der Waals surface area (Å²) in [5.41, 5.74) is 2.46. The first-order valence-corrected chi connectivity index (χ1v) is 53.9. The van der Waals surface area contributed by atoms with Gasteiger partial charge in [-0.3, -0.25) is 19.6 Å². The van der Waals surface area contributed by atoms with Gasteiger partial charge in [0.15, 0.2) is 5.78 Å².